The smallest absolute Gasteiger partial charge is 0.200 e. The average molecular weight is 271 g/mol. The third-order valence-corrected chi connectivity index (χ3v) is 4.33. The number of anilines is 1. The van der Waals surface area contributed by atoms with Crippen LogP contribution in [0.3, 0.4) is 0 Å². The molecule has 0 saturated heterocycles. The van der Waals surface area contributed by atoms with E-state index < -0.39 is 10.0 Å². The minimum absolute atomic E-state index is 0.180. The highest BCUT2D eigenvalue weighted by Gasteiger charge is 2.23. The van der Waals surface area contributed by atoms with E-state index in [1.165, 1.54) is 0 Å². The molecular weight excluding hydrogens is 258 g/mol. The Morgan fingerprint density at radius 1 is 1.00 bits per heavy atom. The van der Waals surface area contributed by atoms with Crippen LogP contribution >= 0.6 is 0 Å². The fourth-order valence-corrected chi connectivity index (χ4v) is 2.89. The van der Waals surface area contributed by atoms with Gasteiger partial charge in [0.25, 0.3) is 10.0 Å². The second-order valence-electron chi connectivity index (χ2n) is 4.05. The van der Waals surface area contributed by atoms with Crippen molar-refractivity contribution in [3.63, 3.8) is 0 Å². The third kappa shape index (κ3) is 2.61. The summed E-state index contributed by atoms with van der Waals surface area (Å²) in [5.74, 6) is 0. The number of benzene rings is 2. The summed E-state index contributed by atoms with van der Waals surface area (Å²) >= 11 is 0. The summed E-state index contributed by atoms with van der Waals surface area (Å²) in [6.45, 7) is 1.90. The number of sulfonamides is 1. The second kappa shape index (κ2) is 5.17. The maximum atomic E-state index is 12.5. The summed E-state index contributed by atoms with van der Waals surface area (Å²) < 4.78 is 25.9. The Labute approximate surface area is 113 Å². The molecule has 2 rings (SSSR count). The number of terminal acetylenes is 1. The summed E-state index contributed by atoms with van der Waals surface area (Å²) in [6, 6.07) is 17.4. The molecule has 0 atom stereocenters. The van der Waals surface area contributed by atoms with Crippen LogP contribution in [-0.2, 0) is 10.0 Å². The van der Waals surface area contributed by atoms with Gasteiger partial charge in [-0.2, -0.15) is 4.31 Å². The lowest BCUT2D eigenvalue weighted by molar-refractivity contribution is 0.596. The van der Waals surface area contributed by atoms with Crippen molar-refractivity contribution in [1.29, 1.82) is 0 Å². The van der Waals surface area contributed by atoms with Gasteiger partial charge in [-0.25, -0.2) is 8.42 Å². The van der Waals surface area contributed by atoms with E-state index in [4.69, 9.17) is 6.42 Å². The number of aryl methyl sites for hydroxylation is 1. The predicted octanol–water partition coefficient (Wildman–Crippen LogP) is 2.78. The van der Waals surface area contributed by atoms with Gasteiger partial charge in [-0.1, -0.05) is 42.3 Å². The number of rotatable bonds is 3. The van der Waals surface area contributed by atoms with Crippen molar-refractivity contribution in [3.05, 3.63) is 60.2 Å². The van der Waals surface area contributed by atoms with Gasteiger partial charge in [-0.05, 0) is 31.2 Å². The van der Waals surface area contributed by atoms with Gasteiger partial charge in [0, 0.05) is 6.04 Å². The highest BCUT2D eigenvalue weighted by atomic mass is 32.2. The minimum atomic E-state index is -3.72. The second-order valence-corrected chi connectivity index (χ2v) is 5.83. The van der Waals surface area contributed by atoms with E-state index in [9.17, 15) is 8.42 Å². The lowest BCUT2D eigenvalue weighted by Crippen LogP contribution is -2.25. The Morgan fingerprint density at radius 2 is 1.58 bits per heavy atom. The van der Waals surface area contributed by atoms with Crippen LogP contribution in [0, 0.1) is 19.4 Å². The van der Waals surface area contributed by atoms with E-state index in [1.807, 2.05) is 6.92 Å². The van der Waals surface area contributed by atoms with E-state index in [-0.39, 0.29) is 4.90 Å². The standard InChI is InChI=1S/C15H13NO2S/c1-3-16(14-7-5-4-6-8-14)19(17,18)15-11-9-13(2)10-12-15/h1,4-12H,2H3. The van der Waals surface area contributed by atoms with Gasteiger partial charge in [-0.15, -0.1) is 0 Å². The van der Waals surface area contributed by atoms with Crippen molar-refractivity contribution < 1.29 is 8.42 Å². The molecule has 0 aromatic heterocycles. The lowest BCUT2D eigenvalue weighted by Gasteiger charge is -2.17. The molecule has 3 nitrogen and oxygen atoms in total. The van der Waals surface area contributed by atoms with Crippen molar-refractivity contribution in [2.45, 2.75) is 11.8 Å². The molecule has 0 N–H and O–H groups in total. The van der Waals surface area contributed by atoms with Crippen LogP contribution in [0.4, 0.5) is 5.69 Å². The first-order chi connectivity index (χ1) is 9.05. The Bertz CT molecular complexity index is 698. The van der Waals surface area contributed by atoms with Crippen molar-refractivity contribution >= 4 is 15.7 Å². The van der Waals surface area contributed by atoms with E-state index in [2.05, 4.69) is 6.04 Å². The predicted molar refractivity (Wildman–Crippen MR) is 76.1 cm³/mol. The number of hydrogen-bond acceptors (Lipinski definition) is 2. The monoisotopic (exact) mass is 271 g/mol. The summed E-state index contributed by atoms with van der Waals surface area (Å²) in [4.78, 5) is 0.180. The molecule has 96 valence electrons. The van der Waals surface area contributed by atoms with Gasteiger partial charge in [0.2, 0.25) is 0 Å². The molecule has 0 heterocycles. The molecule has 0 spiro atoms. The van der Waals surface area contributed by atoms with E-state index in [0.29, 0.717) is 5.69 Å². The maximum absolute atomic E-state index is 12.5. The number of nitrogens with zero attached hydrogens (tertiary/aromatic N) is 1. The van der Waals surface area contributed by atoms with Crippen molar-refractivity contribution in [2.24, 2.45) is 0 Å². The molecule has 0 aliphatic carbocycles. The molecule has 2 aromatic carbocycles. The van der Waals surface area contributed by atoms with E-state index >= 15 is 0 Å². The van der Waals surface area contributed by atoms with Crippen LogP contribution < -0.4 is 4.31 Å². The Hall–Kier alpha value is -2.25. The third-order valence-electron chi connectivity index (χ3n) is 2.67. The Morgan fingerprint density at radius 3 is 2.11 bits per heavy atom. The first kappa shape index (κ1) is 13.2. The number of hydrogen-bond donors (Lipinski definition) is 0. The molecule has 0 amide bonds. The maximum Gasteiger partial charge on any atom is 0.275 e. The van der Waals surface area contributed by atoms with Gasteiger partial charge < -0.3 is 0 Å². The fraction of sp³-hybridized carbons (Fsp3) is 0.0667. The average Bonchev–Trinajstić information content (AvgIpc) is 2.41. The van der Waals surface area contributed by atoms with Crippen LogP contribution in [0.5, 0.6) is 0 Å². The Balaban J connectivity index is 2.49. The van der Waals surface area contributed by atoms with Crippen LogP contribution in [0.2, 0.25) is 0 Å². The zero-order chi connectivity index (χ0) is 13.9. The molecule has 19 heavy (non-hydrogen) atoms. The molecular formula is C15H13NO2S. The van der Waals surface area contributed by atoms with Gasteiger partial charge in [0.15, 0.2) is 0 Å². The van der Waals surface area contributed by atoms with E-state index in [0.717, 1.165) is 9.87 Å². The molecule has 2 aromatic rings. The van der Waals surface area contributed by atoms with Gasteiger partial charge in [0.05, 0.1) is 10.6 Å². The molecule has 0 radical (unpaired) electrons. The molecule has 0 fully saturated rings. The van der Waals surface area contributed by atoms with E-state index in [1.54, 1.807) is 54.6 Å². The minimum Gasteiger partial charge on any atom is -0.200 e. The molecule has 0 unspecified atom stereocenters. The Kier molecular flexibility index (Phi) is 3.59. The molecule has 0 aliphatic heterocycles. The summed E-state index contributed by atoms with van der Waals surface area (Å²) in [5, 5.41) is 0. The van der Waals surface area contributed by atoms with Crippen LogP contribution in [-0.4, -0.2) is 8.42 Å². The zero-order valence-electron chi connectivity index (χ0n) is 10.4. The van der Waals surface area contributed by atoms with Crippen LogP contribution in [0.25, 0.3) is 0 Å². The van der Waals surface area contributed by atoms with Crippen LogP contribution in [0.15, 0.2) is 59.5 Å². The van der Waals surface area contributed by atoms with Crippen LogP contribution in [0.1, 0.15) is 5.56 Å². The molecule has 0 bridgehead atoms. The van der Waals surface area contributed by atoms with Crippen molar-refractivity contribution in [2.75, 3.05) is 4.31 Å². The molecule has 4 heteroatoms. The normalized spacial score (nSPS) is 10.7. The fourth-order valence-electron chi connectivity index (χ4n) is 1.66. The number of para-hydroxylation sites is 1. The quantitative estimate of drug-likeness (QED) is 0.636. The van der Waals surface area contributed by atoms with Gasteiger partial charge in [0.1, 0.15) is 0 Å². The molecule has 0 saturated carbocycles. The molecule has 0 aliphatic rings. The highest BCUT2D eigenvalue weighted by molar-refractivity contribution is 7.93. The highest BCUT2D eigenvalue weighted by Crippen LogP contribution is 2.22. The van der Waals surface area contributed by atoms with Gasteiger partial charge in [-0.3, -0.25) is 0 Å². The SMILES string of the molecule is C#CN(c1ccccc1)S(=O)(=O)c1ccc(C)cc1. The zero-order valence-corrected chi connectivity index (χ0v) is 11.3. The summed E-state index contributed by atoms with van der Waals surface area (Å²) in [6.07, 6.45) is 5.35. The van der Waals surface area contributed by atoms with Gasteiger partial charge >= 0.3 is 0 Å². The summed E-state index contributed by atoms with van der Waals surface area (Å²) in [5.41, 5.74) is 1.44. The topological polar surface area (TPSA) is 37.4 Å². The lowest BCUT2D eigenvalue weighted by atomic mass is 10.2. The first-order valence-corrected chi connectivity index (χ1v) is 7.13. The summed E-state index contributed by atoms with van der Waals surface area (Å²) in [7, 11) is -3.72. The first-order valence-electron chi connectivity index (χ1n) is 5.69. The van der Waals surface area contributed by atoms with Crippen molar-refractivity contribution in [3.8, 4) is 12.5 Å². The largest absolute Gasteiger partial charge is 0.275 e. The van der Waals surface area contributed by atoms with Crippen molar-refractivity contribution in [1.82, 2.24) is 0 Å².